The molecule has 0 unspecified atom stereocenters. The van der Waals surface area contributed by atoms with Gasteiger partial charge in [-0.3, -0.25) is 0 Å². The lowest BCUT2D eigenvalue weighted by molar-refractivity contribution is 0.416. The van der Waals surface area contributed by atoms with Crippen molar-refractivity contribution in [2.75, 3.05) is 7.11 Å². The number of methoxy groups -OCH3 is 1. The average molecular weight is 319 g/mol. The maximum atomic E-state index is 6.31. The molecule has 0 bridgehead atoms. The number of nitrogens with zero attached hydrogens (tertiary/aromatic N) is 2. The number of halogens is 2. The molecule has 106 valence electrons. The molecule has 2 aromatic carbocycles. The van der Waals surface area contributed by atoms with E-state index in [2.05, 4.69) is 9.97 Å². The number of fused-ring (bicyclic) bond motifs is 1. The van der Waals surface area contributed by atoms with E-state index in [0.717, 1.165) is 16.6 Å². The van der Waals surface area contributed by atoms with E-state index in [1.807, 2.05) is 37.3 Å². The van der Waals surface area contributed by atoms with Gasteiger partial charge in [0.2, 0.25) is 0 Å². The minimum Gasteiger partial charge on any atom is -0.496 e. The van der Waals surface area contributed by atoms with Gasteiger partial charge in [0.15, 0.2) is 5.82 Å². The minimum absolute atomic E-state index is 0.342. The molecule has 1 aromatic heterocycles. The van der Waals surface area contributed by atoms with Gasteiger partial charge in [0.05, 0.1) is 28.6 Å². The van der Waals surface area contributed by atoms with Crippen LogP contribution in [-0.4, -0.2) is 17.1 Å². The summed E-state index contributed by atoms with van der Waals surface area (Å²) in [7, 11) is 1.61. The molecule has 21 heavy (non-hydrogen) atoms. The number of hydrogen-bond acceptors (Lipinski definition) is 3. The fourth-order valence-corrected chi connectivity index (χ4v) is 2.80. The van der Waals surface area contributed by atoms with Crippen LogP contribution in [0.1, 0.15) is 5.56 Å². The first-order valence-corrected chi connectivity index (χ1v) is 7.13. The number of hydrogen-bond donors (Lipinski definition) is 0. The Labute approximate surface area is 132 Å². The molecule has 0 saturated heterocycles. The van der Waals surface area contributed by atoms with E-state index in [1.54, 1.807) is 13.2 Å². The Morgan fingerprint density at radius 1 is 1.00 bits per heavy atom. The molecule has 0 aliphatic heterocycles. The van der Waals surface area contributed by atoms with Gasteiger partial charge in [-0.05, 0) is 30.7 Å². The van der Waals surface area contributed by atoms with E-state index >= 15 is 0 Å². The van der Waals surface area contributed by atoms with E-state index in [1.165, 1.54) is 0 Å². The molecule has 3 nitrogen and oxygen atoms in total. The predicted molar refractivity (Wildman–Crippen MR) is 86.3 cm³/mol. The van der Waals surface area contributed by atoms with Crippen LogP contribution in [0.4, 0.5) is 0 Å². The summed E-state index contributed by atoms with van der Waals surface area (Å²) < 4.78 is 5.36. The number of benzene rings is 2. The first-order valence-electron chi connectivity index (χ1n) is 6.37. The van der Waals surface area contributed by atoms with Crippen molar-refractivity contribution < 1.29 is 4.74 Å². The smallest absolute Gasteiger partial charge is 0.165 e. The summed E-state index contributed by atoms with van der Waals surface area (Å²) in [6.07, 6.45) is 0. The zero-order valence-corrected chi connectivity index (χ0v) is 13.0. The first-order chi connectivity index (χ1) is 10.1. The standard InChI is InChI=1S/C16H12Cl2N2O/c1-9-7-8-11(17)13-14(9)19-16(20-15(13)18)10-5-3-4-6-12(10)21-2/h3-8H,1-2H3. The normalized spacial score (nSPS) is 10.9. The van der Waals surface area contributed by atoms with Gasteiger partial charge in [0.25, 0.3) is 0 Å². The molecule has 0 N–H and O–H groups in total. The van der Waals surface area contributed by atoms with Gasteiger partial charge >= 0.3 is 0 Å². The Morgan fingerprint density at radius 3 is 2.52 bits per heavy atom. The van der Waals surface area contributed by atoms with Gasteiger partial charge in [-0.15, -0.1) is 0 Å². The fraction of sp³-hybridized carbons (Fsp3) is 0.125. The molecular weight excluding hydrogens is 307 g/mol. The lowest BCUT2D eigenvalue weighted by Gasteiger charge is -2.10. The largest absolute Gasteiger partial charge is 0.496 e. The first kappa shape index (κ1) is 14.1. The molecule has 0 aliphatic rings. The second-order valence-electron chi connectivity index (χ2n) is 4.63. The summed E-state index contributed by atoms with van der Waals surface area (Å²) >= 11 is 12.5. The quantitative estimate of drug-likeness (QED) is 0.629. The number of ether oxygens (including phenoxy) is 1. The van der Waals surface area contributed by atoms with Crippen LogP contribution in [0.5, 0.6) is 5.75 Å². The van der Waals surface area contributed by atoms with Crippen molar-refractivity contribution in [2.45, 2.75) is 6.92 Å². The number of para-hydroxylation sites is 1. The topological polar surface area (TPSA) is 35.0 Å². The van der Waals surface area contributed by atoms with E-state index < -0.39 is 0 Å². The Bertz CT molecular complexity index is 834. The Balaban J connectivity index is 2.33. The molecule has 0 aliphatic carbocycles. The highest BCUT2D eigenvalue weighted by Crippen LogP contribution is 2.34. The van der Waals surface area contributed by atoms with Crippen LogP contribution in [0.3, 0.4) is 0 Å². The summed E-state index contributed by atoms with van der Waals surface area (Å²) in [6, 6.07) is 11.3. The highest BCUT2D eigenvalue weighted by molar-refractivity contribution is 6.41. The summed E-state index contributed by atoms with van der Waals surface area (Å²) in [6.45, 7) is 1.97. The molecule has 0 spiro atoms. The van der Waals surface area contributed by atoms with Crippen molar-refractivity contribution in [1.82, 2.24) is 9.97 Å². The van der Waals surface area contributed by atoms with Crippen LogP contribution in [0.15, 0.2) is 36.4 Å². The third kappa shape index (κ3) is 2.43. The monoisotopic (exact) mass is 318 g/mol. The van der Waals surface area contributed by atoms with Crippen molar-refractivity contribution in [1.29, 1.82) is 0 Å². The highest BCUT2D eigenvalue weighted by atomic mass is 35.5. The zero-order chi connectivity index (χ0) is 15.0. The summed E-state index contributed by atoms with van der Waals surface area (Å²) in [5.74, 6) is 1.22. The Morgan fingerprint density at radius 2 is 1.76 bits per heavy atom. The van der Waals surface area contributed by atoms with Crippen molar-refractivity contribution >= 4 is 34.1 Å². The molecule has 3 rings (SSSR count). The van der Waals surface area contributed by atoms with Gasteiger partial charge < -0.3 is 4.74 Å². The van der Waals surface area contributed by atoms with Gasteiger partial charge in [-0.2, -0.15) is 0 Å². The molecule has 0 atom stereocenters. The van der Waals surface area contributed by atoms with Crippen LogP contribution in [-0.2, 0) is 0 Å². The zero-order valence-electron chi connectivity index (χ0n) is 11.5. The van der Waals surface area contributed by atoms with Crippen molar-refractivity contribution in [3.8, 4) is 17.1 Å². The number of aryl methyl sites for hydroxylation is 1. The molecule has 0 saturated carbocycles. The highest BCUT2D eigenvalue weighted by Gasteiger charge is 2.14. The third-order valence-corrected chi connectivity index (χ3v) is 3.89. The van der Waals surface area contributed by atoms with Crippen molar-refractivity contribution in [3.63, 3.8) is 0 Å². The third-order valence-electron chi connectivity index (χ3n) is 3.30. The van der Waals surface area contributed by atoms with Crippen molar-refractivity contribution in [2.24, 2.45) is 0 Å². The van der Waals surface area contributed by atoms with Crippen LogP contribution < -0.4 is 4.74 Å². The predicted octanol–water partition coefficient (Wildman–Crippen LogP) is 4.92. The van der Waals surface area contributed by atoms with Gasteiger partial charge in [-0.25, -0.2) is 9.97 Å². The van der Waals surface area contributed by atoms with Crippen LogP contribution >= 0.6 is 23.2 Å². The molecule has 0 fully saturated rings. The summed E-state index contributed by atoms with van der Waals surface area (Å²) in [4.78, 5) is 8.99. The minimum atomic E-state index is 0.342. The maximum absolute atomic E-state index is 6.31. The fourth-order valence-electron chi connectivity index (χ4n) is 2.24. The van der Waals surface area contributed by atoms with E-state index in [9.17, 15) is 0 Å². The molecule has 0 radical (unpaired) electrons. The van der Waals surface area contributed by atoms with E-state index in [4.69, 9.17) is 27.9 Å². The average Bonchev–Trinajstić information content (AvgIpc) is 2.50. The Kier molecular flexibility index (Phi) is 3.70. The second-order valence-corrected chi connectivity index (χ2v) is 5.39. The van der Waals surface area contributed by atoms with Gasteiger partial charge in [0.1, 0.15) is 10.9 Å². The molecule has 5 heteroatoms. The Hall–Kier alpha value is -1.84. The lowest BCUT2D eigenvalue weighted by Crippen LogP contribution is -1.96. The van der Waals surface area contributed by atoms with Gasteiger partial charge in [0, 0.05) is 0 Å². The van der Waals surface area contributed by atoms with Crippen LogP contribution in [0, 0.1) is 6.92 Å². The van der Waals surface area contributed by atoms with Crippen molar-refractivity contribution in [3.05, 3.63) is 52.1 Å². The molecule has 0 amide bonds. The SMILES string of the molecule is COc1ccccc1-c1nc(Cl)c2c(Cl)ccc(C)c2n1. The summed E-state index contributed by atoms with van der Waals surface area (Å²) in [5, 5.41) is 1.57. The van der Waals surface area contributed by atoms with Gasteiger partial charge in [-0.1, -0.05) is 41.4 Å². The maximum Gasteiger partial charge on any atom is 0.165 e. The number of aromatic nitrogens is 2. The van der Waals surface area contributed by atoms with Crippen LogP contribution in [0.25, 0.3) is 22.3 Å². The van der Waals surface area contributed by atoms with Crippen LogP contribution in [0.2, 0.25) is 10.2 Å². The van der Waals surface area contributed by atoms with E-state index in [0.29, 0.717) is 27.1 Å². The summed E-state index contributed by atoms with van der Waals surface area (Å²) in [5.41, 5.74) is 2.54. The molecular formula is C16H12Cl2N2O. The lowest BCUT2D eigenvalue weighted by atomic mass is 10.1. The van der Waals surface area contributed by atoms with E-state index in [-0.39, 0.29) is 0 Å². The number of rotatable bonds is 2. The molecule has 3 aromatic rings. The second kappa shape index (κ2) is 5.51. The molecule has 1 heterocycles.